The van der Waals surface area contributed by atoms with Crippen LogP contribution in [0.2, 0.25) is 0 Å². The van der Waals surface area contributed by atoms with Gasteiger partial charge in [0.15, 0.2) is 0 Å². The maximum atomic E-state index is 9.72. The summed E-state index contributed by atoms with van der Waals surface area (Å²) in [4.78, 5) is 5.17. The molecule has 0 amide bonds. The second-order valence-electron chi connectivity index (χ2n) is 3.28. The van der Waals surface area contributed by atoms with Gasteiger partial charge in [-0.25, -0.2) is 0 Å². The molecule has 0 radical (unpaired) electrons. The summed E-state index contributed by atoms with van der Waals surface area (Å²) in [5.74, 6) is 0. The van der Waals surface area contributed by atoms with Gasteiger partial charge in [0.05, 0.1) is 13.2 Å². The summed E-state index contributed by atoms with van der Waals surface area (Å²) in [5.41, 5.74) is 3.64. The van der Waals surface area contributed by atoms with Gasteiger partial charge in [-0.1, -0.05) is 42.5 Å². The molecule has 0 spiro atoms. The van der Waals surface area contributed by atoms with Gasteiger partial charge in [0.25, 0.3) is 0 Å². The fraction of sp³-hybridized carbons (Fsp3) is 0.364. The van der Waals surface area contributed by atoms with Crippen LogP contribution < -0.4 is 5.48 Å². The van der Waals surface area contributed by atoms with Crippen molar-refractivity contribution >= 4 is 17.2 Å². The first-order valence-corrected chi connectivity index (χ1v) is 5.17. The molecule has 4 heteroatoms. The number of hydrogen-bond donors (Lipinski definition) is 2. The van der Waals surface area contributed by atoms with Gasteiger partial charge in [-0.2, -0.15) is 0 Å². The number of nitrogens with one attached hydrogen (secondary N) is 1. The molecule has 0 aliphatic heterocycles. The fourth-order valence-corrected chi connectivity index (χ4v) is 1.60. The second kappa shape index (κ2) is 6.50. The topological polar surface area (TPSA) is 41.5 Å². The van der Waals surface area contributed by atoms with Crippen LogP contribution >= 0.6 is 12.2 Å². The van der Waals surface area contributed by atoms with Gasteiger partial charge in [0.2, 0.25) is 0 Å². The molecule has 1 rings (SSSR count). The van der Waals surface area contributed by atoms with E-state index in [-0.39, 0.29) is 0 Å². The van der Waals surface area contributed by atoms with Crippen LogP contribution in [-0.2, 0) is 11.3 Å². The maximum absolute atomic E-state index is 9.72. The zero-order valence-corrected chi connectivity index (χ0v) is 9.46. The molecule has 0 aromatic heterocycles. The molecular weight excluding hydrogens is 210 g/mol. The number of hydrogen-bond acceptors (Lipinski definition) is 3. The predicted octanol–water partition coefficient (Wildman–Crippen LogP) is 1.46. The third kappa shape index (κ3) is 4.88. The molecule has 1 atom stereocenters. The minimum atomic E-state index is -0.470. The van der Waals surface area contributed by atoms with Crippen molar-refractivity contribution in [2.24, 2.45) is 0 Å². The van der Waals surface area contributed by atoms with Crippen LogP contribution in [0.4, 0.5) is 0 Å². The molecule has 0 saturated carbocycles. The number of thiocarbonyl (C=S) groups is 1. The third-order valence-electron chi connectivity index (χ3n) is 1.95. The first-order valence-electron chi connectivity index (χ1n) is 4.76. The van der Waals surface area contributed by atoms with E-state index in [4.69, 9.17) is 12.2 Å². The summed E-state index contributed by atoms with van der Waals surface area (Å²) in [5, 5.41) is 9.72. The molecule has 0 fully saturated rings. The van der Waals surface area contributed by atoms with E-state index in [1.165, 1.54) is 7.11 Å². The molecule has 2 N–H and O–H groups in total. The van der Waals surface area contributed by atoms with E-state index in [2.05, 4.69) is 10.3 Å². The van der Waals surface area contributed by atoms with Gasteiger partial charge in [0, 0.05) is 6.42 Å². The van der Waals surface area contributed by atoms with Crippen molar-refractivity contribution in [3.8, 4) is 0 Å². The minimum Gasteiger partial charge on any atom is -0.392 e. The number of hydroxylamine groups is 1. The smallest absolute Gasteiger partial charge is 0.103 e. The Morgan fingerprint density at radius 3 is 2.73 bits per heavy atom. The standard InChI is InChI=1S/C11H15NO2S/c1-14-12-11(15)8-10(13)7-9-5-3-2-4-6-9/h2-6,10,13H,7-8H2,1H3,(H,12,15). The van der Waals surface area contributed by atoms with Gasteiger partial charge in [0.1, 0.15) is 4.99 Å². The molecule has 0 heterocycles. The normalized spacial score (nSPS) is 12.1. The average molecular weight is 225 g/mol. The van der Waals surface area contributed by atoms with E-state index in [1.54, 1.807) is 0 Å². The van der Waals surface area contributed by atoms with Gasteiger partial charge in [-0.05, 0) is 12.0 Å². The van der Waals surface area contributed by atoms with Crippen molar-refractivity contribution < 1.29 is 9.94 Å². The molecule has 3 nitrogen and oxygen atoms in total. The van der Waals surface area contributed by atoms with E-state index in [0.29, 0.717) is 17.8 Å². The zero-order chi connectivity index (χ0) is 11.1. The zero-order valence-electron chi connectivity index (χ0n) is 8.64. The lowest BCUT2D eigenvalue weighted by Gasteiger charge is -2.11. The second-order valence-corrected chi connectivity index (χ2v) is 3.77. The van der Waals surface area contributed by atoms with Crippen LogP contribution in [0.15, 0.2) is 30.3 Å². The molecule has 1 aromatic rings. The number of benzene rings is 1. The lowest BCUT2D eigenvalue weighted by molar-refractivity contribution is 0.135. The number of aliphatic hydroxyl groups is 1. The van der Waals surface area contributed by atoms with Crippen LogP contribution in [0.1, 0.15) is 12.0 Å². The Kier molecular flexibility index (Phi) is 5.25. The van der Waals surface area contributed by atoms with E-state index in [0.717, 1.165) is 5.56 Å². The summed E-state index contributed by atoms with van der Waals surface area (Å²) < 4.78 is 0. The Hall–Kier alpha value is -0.970. The number of rotatable bonds is 5. The van der Waals surface area contributed by atoms with Crippen molar-refractivity contribution in [3.05, 3.63) is 35.9 Å². The van der Waals surface area contributed by atoms with Crippen molar-refractivity contribution in [3.63, 3.8) is 0 Å². The lowest BCUT2D eigenvalue weighted by Crippen LogP contribution is -2.25. The molecule has 82 valence electrons. The molecule has 0 aliphatic carbocycles. The first kappa shape index (κ1) is 12.1. The van der Waals surface area contributed by atoms with Crippen LogP contribution in [0.3, 0.4) is 0 Å². The molecule has 1 aromatic carbocycles. The van der Waals surface area contributed by atoms with E-state index in [9.17, 15) is 5.11 Å². The summed E-state index contributed by atoms with van der Waals surface area (Å²) in [6, 6.07) is 9.82. The molecule has 15 heavy (non-hydrogen) atoms. The van der Waals surface area contributed by atoms with E-state index in [1.807, 2.05) is 30.3 Å². The molecule has 0 bridgehead atoms. The Labute approximate surface area is 95.0 Å². The van der Waals surface area contributed by atoms with Crippen molar-refractivity contribution in [2.75, 3.05) is 7.11 Å². The van der Waals surface area contributed by atoms with Gasteiger partial charge < -0.3 is 5.11 Å². The average Bonchev–Trinajstić information content (AvgIpc) is 2.19. The van der Waals surface area contributed by atoms with Crippen LogP contribution in [-0.4, -0.2) is 23.3 Å². The predicted molar refractivity (Wildman–Crippen MR) is 63.5 cm³/mol. The monoisotopic (exact) mass is 225 g/mol. The quantitative estimate of drug-likeness (QED) is 0.588. The highest BCUT2D eigenvalue weighted by Crippen LogP contribution is 2.05. The summed E-state index contributed by atoms with van der Waals surface area (Å²) >= 11 is 4.95. The van der Waals surface area contributed by atoms with Gasteiger partial charge in [-0.15, -0.1) is 0 Å². The Balaban J connectivity index is 2.36. The molecule has 0 aliphatic rings. The molecule has 0 saturated heterocycles. The summed E-state index contributed by atoms with van der Waals surface area (Å²) in [7, 11) is 1.50. The maximum Gasteiger partial charge on any atom is 0.103 e. The third-order valence-corrected chi connectivity index (χ3v) is 2.20. The highest BCUT2D eigenvalue weighted by Gasteiger charge is 2.08. The Morgan fingerprint density at radius 1 is 1.47 bits per heavy atom. The van der Waals surface area contributed by atoms with Crippen LogP contribution in [0.5, 0.6) is 0 Å². The Bertz CT molecular complexity index is 303. The first-order chi connectivity index (χ1) is 7.22. The van der Waals surface area contributed by atoms with E-state index < -0.39 is 6.10 Å². The van der Waals surface area contributed by atoms with Crippen molar-refractivity contribution in [2.45, 2.75) is 18.9 Å². The van der Waals surface area contributed by atoms with E-state index >= 15 is 0 Å². The minimum absolute atomic E-state index is 0.415. The fourth-order valence-electron chi connectivity index (χ4n) is 1.33. The van der Waals surface area contributed by atoms with Gasteiger partial charge >= 0.3 is 0 Å². The van der Waals surface area contributed by atoms with Crippen molar-refractivity contribution in [1.82, 2.24) is 5.48 Å². The van der Waals surface area contributed by atoms with Crippen LogP contribution in [0, 0.1) is 0 Å². The highest BCUT2D eigenvalue weighted by atomic mass is 32.1. The largest absolute Gasteiger partial charge is 0.392 e. The van der Waals surface area contributed by atoms with Crippen molar-refractivity contribution in [1.29, 1.82) is 0 Å². The lowest BCUT2D eigenvalue weighted by atomic mass is 10.1. The Morgan fingerprint density at radius 2 is 2.13 bits per heavy atom. The summed E-state index contributed by atoms with van der Waals surface area (Å²) in [6.45, 7) is 0. The highest BCUT2D eigenvalue weighted by molar-refractivity contribution is 7.80. The molecular formula is C11H15NO2S. The SMILES string of the molecule is CONC(=S)CC(O)Cc1ccccc1. The van der Waals surface area contributed by atoms with Gasteiger partial charge in [-0.3, -0.25) is 10.3 Å². The van der Waals surface area contributed by atoms with Crippen LogP contribution in [0.25, 0.3) is 0 Å². The summed E-state index contributed by atoms with van der Waals surface area (Å²) in [6.07, 6.45) is 0.548. The molecule has 1 unspecified atom stereocenters. The number of aliphatic hydroxyl groups excluding tert-OH is 1.